The summed E-state index contributed by atoms with van der Waals surface area (Å²) in [6.45, 7) is 4.95. The molecule has 1 rings (SSSR count). The maximum Gasteiger partial charge on any atom is 0.308 e. The molecule has 1 aliphatic heterocycles. The van der Waals surface area contributed by atoms with Gasteiger partial charge in [0.2, 0.25) is 0 Å². The van der Waals surface area contributed by atoms with Crippen LogP contribution in [0.5, 0.6) is 0 Å². The lowest BCUT2D eigenvalue weighted by atomic mass is 9.92. The number of unbranched alkanes of at least 4 members (excludes halogenated alkanes) is 1. The van der Waals surface area contributed by atoms with Crippen LogP contribution in [0.1, 0.15) is 65.7 Å². The molecule has 0 aromatic rings. The van der Waals surface area contributed by atoms with Crippen molar-refractivity contribution in [3.05, 3.63) is 0 Å². The van der Waals surface area contributed by atoms with Gasteiger partial charge in [-0.1, -0.05) is 26.7 Å². The molecule has 0 bridgehead atoms. The molecular weight excluding hydrogens is 340 g/mol. The third kappa shape index (κ3) is 8.88. The van der Waals surface area contributed by atoms with E-state index in [-0.39, 0.29) is 6.42 Å². The molecule has 1 aliphatic rings. The highest BCUT2D eigenvalue weighted by Crippen LogP contribution is 2.36. The SMILES string of the molecule is CC(C)C(=O)OC(CCCCC1CCOCC1)C(F)(F)CC(C)(F)F. The average molecular weight is 370 g/mol. The van der Waals surface area contributed by atoms with E-state index in [0.29, 0.717) is 25.7 Å². The molecular formula is C18H30F4O3. The van der Waals surface area contributed by atoms with Gasteiger partial charge in [0.1, 0.15) is 0 Å². The van der Waals surface area contributed by atoms with Crippen molar-refractivity contribution < 1.29 is 31.8 Å². The normalized spacial score (nSPS) is 18.4. The molecule has 1 atom stereocenters. The molecule has 148 valence electrons. The zero-order valence-corrected chi connectivity index (χ0v) is 15.3. The predicted octanol–water partition coefficient (Wildman–Crippen LogP) is 5.22. The zero-order valence-electron chi connectivity index (χ0n) is 15.3. The zero-order chi connectivity index (χ0) is 19.1. The number of alkyl halides is 4. The van der Waals surface area contributed by atoms with Crippen molar-refractivity contribution in [1.82, 2.24) is 0 Å². The number of carbonyl (C=O) groups is 1. The van der Waals surface area contributed by atoms with Crippen LogP contribution in [0.15, 0.2) is 0 Å². The summed E-state index contributed by atoms with van der Waals surface area (Å²) in [4.78, 5) is 11.7. The molecule has 0 N–H and O–H groups in total. The maximum atomic E-state index is 14.2. The van der Waals surface area contributed by atoms with E-state index in [1.165, 1.54) is 13.8 Å². The second-order valence-electron chi connectivity index (χ2n) is 7.43. The van der Waals surface area contributed by atoms with Crippen LogP contribution in [0.4, 0.5) is 17.6 Å². The van der Waals surface area contributed by atoms with Gasteiger partial charge in [-0.15, -0.1) is 0 Å². The van der Waals surface area contributed by atoms with Gasteiger partial charge in [0.05, 0.1) is 12.3 Å². The fourth-order valence-corrected chi connectivity index (χ4v) is 2.96. The highest BCUT2D eigenvalue weighted by molar-refractivity contribution is 5.71. The van der Waals surface area contributed by atoms with Crippen LogP contribution in [0.25, 0.3) is 0 Å². The summed E-state index contributed by atoms with van der Waals surface area (Å²) < 4.78 is 64.7. The van der Waals surface area contributed by atoms with E-state index in [1.807, 2.05) is 0 Å². The molecule has 0 saturated carbocycles. The van der Waals surface area contributed by atoms with Crippen molar-refractivity contribution in [1.29, 1.82) is 0 Å². The molecule has 0 spiro atoms. The fraction of sp³-hybridized carbons (Fsp3) is 0.944. The van der Waals surface area contributed by atoms with Gasteiger partial charge in [0.25, 0.3) is 11.8 Å². The molecule has 0 amide bonds. The average Bonchev–Trinajstić information content (AvgIpc) is 2.48. The van der Waals surface area contributed by atoms with Crippen molar-refractivity contribution in [3.63, 3.8) is 0 Å². The van der Waals surface area contributed by atoms with Crippen LogP contribution >= 0.6 is 0 Å². The third-order valence-corrected chi connectivity index (χ3v) is 4.42. The van der Waals surface area contributed by atoms with E-state index in [9.17, 15) is 22.4 Å². The molecule has 1 unspecified atom stereocenters. The van der Waals surface area contributed by atoms with E-state index in [1.54, 1.807) is 0 Å². The summed E-state index contributed by atoms with van der Waals surface area (Å²) in [5.41, 5.74) is 0. The number of halogens is 4. The van der Waals surface area contributed by atoms with Crippen molar-refractivity contribution >= 4 is 5.97 Å². The summed E-state index contributed by atoms with van der Waals surface area (Å²) in [5, 5.41) is 0. The highest BCUT2D eigenvalue weighted by atomic mass is 19.3. The van der Waals surface area contributed by atoms with Gasteiger partial charge in [-0.3, -0.25) is 4.79 Å². The summed E-state index contributed by atoms with van der Waals surface area (Å²) in [6.07, 6.45) is 0.415. The molecule has 25 heavy (non-hydrogen) atoms. The first-order valence-electron chi connectivity index (χ1n) is 9.05. The monoisotopic (exact) mass is 370 g/mol. The van der Waals surface area contributed by atoms with Crippen LogP contribution < -0.4 is 0 Å². The predicted molar refractivity (Wildman–Crippen MR) is 86.9 cm³/mol. The minimum absolute atomic E-state index is 0.106. The fourth-order valence-electron chi connectivity index (χ4n) is 2.96. The summed E-state index contributed by atoms with van der Waals surface area (Å²) in [6, 6.07) is 0. The van der Waals surface area contributed by atoms with Crippen LogP contribution in [-0.4, -0.2) is 37.1 Å². The van der Waals surface area contributed by atoms with E-state index in [4.69, 9.17) is 9.47 Å². The molecule has 0 radical (unpaired) electrons. The Balaban J connectivity index is 2.56. The summed E-state index contributed by atoms with van der Waals surface area (Å²) >= 11 is 0. The Morgan fingerprint density at radius 2 is 1.76 bits per heavy atom. The van der Waals surface area contributed by atoms with Crippen LogP contribution in [-0.2, 0) is 14.3 Å². The van der Waals surface area contributed by atoms with Gasteiger partial charge < -0.3 is 9.47 Å². The molecule has 0 aliphatic carbocycles. The van der Waals surface area contributed by atoms with Crippen molar-refractivity contribution in [2.75, 3.05) is 13.2 Å². The minimum Gasteiger partial charge on any atom is -0.456 e. The minimum atomic E-state index is -3.75. The number of hydrogen-bond acceptors (Lipinski definition) is 3. The molecule has 1 fully saturated rings. The lowest BCUT2D eigenvalue weighted by molar-refractivity contribution is -0.194. The number of ether oxygens (including phenoxy) is 2. The maximum absolute atomic E-state index is 14.2. The third-order valence-electron chi connectivity index (χ3n) is 4.42. The molecule has 7 heteroatoms. The van der Waals surface area contributed by atoms with Gasteiger partial charge in [0, 0.05) is 13.2 Å². The number of esters is 1. The second kappa shape index (κ2) is 9.74. The Morgan fingerprint density at radius 1 is 1.16 bits per heavy atom. The number of hydrogen-bond donors (Lipinski definition) is 0. The van der Waals surface area contributed by atoms with Gasteiger partial charge in [-0.05, 0) is 38.5 Å². The molecule has 0 aromatic carbocycles. The smallest absolute Gasteiger partial charge is 0.308 e. The molecule has 1 saturated heterocycles. The Bertz CT molecular complexity index is 402. The van der Waals surface area contributed by atoms with E-state index < -0.39 is 36.3 Å². The lowest BCUT2D eigenvalue weighted by Crippen LogP contribution is -2.42. The Hall–Kier alpha value is -0.850. The van der Waals surface area contributed by atoms with Gasteiger partial charge in [-0.2, -0.15) is 0 Å². The van der Waals surface area contributed by atoms with E-state index in [0.717, 1.165) is 32.5 Å². The molecule has 0 aromatic heterocycles. The van der Waals surface area contributed by atoms with E-state index in [2.05, 4.69) is 0 Å². The first-order chi connectivity index (χ1) is 11.5. The van der Waals surface area contributed by atoms with E-state index >= 15 is 0 Å². The van der Waals surface area contributed by atoms with Crippen LogP contribution in [0, 0.1) is 11.8 Å². The first-order valence-corrected chi connectivity index (χ1v) is 9.05. The first kappa shape index (κ1) is 22.2. The number of rotatable bonds is 10. The topological polar surface area (TPSA) is 35.5 Å². The van der Waals surface area contributed by atoms with Gasteiger partial charge in [-0.25, -0.2) is 17.6 Å². The standard InChI is InChI=1S/C18H30F4O3/c1-13(2)16(23)25-15(18(21,22)12-17(3,19)20)7-5-4-6-14-8-10-24-11-9-14/h13-15H,4-12H2,1-3H3. The second-order valence-corrected chi connectivity index (χ2v) is 7.43. The van der Waals surface area contributed by atoms with Crippen molar-refractivity contribution in [3.8, 4) is 0 Å². The van der Waals surface area contributed by atoms with Gasteiger partial charge >= 0.3 is 5.97 Å². The largest absolute Gasteiger partial charge is 0.456 e. The Kier molecular flexibility index (Phi) is 8.64. The highest BCUT2D eigenvalue weighted by Gasteiger charge is 2.48. The molecule has 3 nitrogen and oxygen atoms in total. The molecule has 1 heterocycles. The number of carbonyl (C=O) groups excluding carboxylic acids is 1. The van der Waals surface area contributed by atoms with Crippen molar-refractivity contribution in [2.45, 2.75) is 83.7 Å². The quantitative estimate of drug-likeness (QED) is 0.300. The van der Waals surface area contributed by atoms with Crippen LogP contribution in [0.2, 0.25) is 0 Å². The van der Waals surface area contributed by atoms with Crippen molar-refractivity contribution in [2.24, 2.45) is 11.8 Å². The summed E-state index contributed by atoms with van der Waals surface area (Å²) in [5.74, 6) is -8.11. The van der Waals surface area contributed by atoms with Gasteiger partial charge in [0.15, 0.2) is 6.10 Å². The lowest BCUT2D eigenvalue weighted by Gasteiger charge is -2.29. The Morgan fingerprint density at radius 3 is 2.28 bits per heavy atom. The Labute approximate surface area is 147 Å². The summed E-state index contributed by atoms with van der Waals surface area (Å²) in [7, 11) is 0. The van der Waals surface area contributed by atoms with Crippen LogP contribution in [0.3, 0.4) is 0 Å².